The lowest BCUT2D eigenvalue weighted by atomic mass is 10.2. The van der Waals surface area contributed by atoms with E-state index in [4.69, 9.17) is 27.9 Å². The van der Waals surface area contributed by atoms with Crippen LogP contribution in [0.3, 0.4) is 0 Å². The Morgan fingerprint density at radius 2 is 1.83 bits per heavy atom. The van der Waals surface area contributed by atoms with Crippen LogP contribution in [-0.2, 0) is 11.4 Å². The zero-order valence-corrected chi connectivity index (χ0v) is 19.5. The van der Waals surface area contributed by atoms with E-state index in [1.807, 2.05) is 0 Å². The van der Waals surface area contributed by atoms with Gasteiger partial charge in [-0.2, -0.15) is 0 Å². The second-order valence-electron chi connectivity index (χ2n) is 6.03. The fourth-order valence-corrected chi connectivity index (χ4v) is 4.54. The third-order valence-electron chi connectivity index (χ3n) is 3.99. The van der Waals surface area contributed by atoms with Crippen molar-refractivity contribution >= 4 is 73.1 Å². The molecule has 2 aromatic rings. The molecule has 150 valence electrons. The largest absolute Gasteiger partial charge is 0.486 e. The molecule has 1 aliphatic heterocycles. The summed E-state index contributed by atoms with van der Waals surface area (Å²) >= 11 is 19.1. The summed E-state index contributed by atoms with van der Waals surface area (Å²) in [6, 6.07) is 8.30. The molecular weight excluding hydrogens is 547 g/mol. The number of amides is 3. The zero-order valence-electron chi connectivity index (χ0n) is 14.8. The summed E-state index contributed by atoms with van der Waals surface area (Å²) in [6.45, 7) is 3.95. The van der Waals surface area contributed by atoms with E-state index in [0.717, 1.165) is 10.5 Å². The predicted octanol–water partition coefficient (Wildman–Crippen LogP) is 6.18. The minimum atomic E-state index is -0.473. The number of urea groups is 1. The molecule has 0 spiro atoms. The summed E-state index contributed by atoms with van der Waals surface area (Å²) in [5.74, 6) is 0.174. The van der Waals surface area contributed by atoms with E-state index >= 15 is 0 Å². The highest BCUT2D eigenvalue weighted by Gasteiger charge is 2.32. The second kappa shape index (κ2) is 9.34. The van der Waals surface area contributed by atoms with E-state index in [0.29, 0.717) is 30.3 Å². The first-order valence-corrected chi connectivity index (χ1v) is 10.7. The standard InChI is InChI=1S/C20H14Br2Cl2N2O3/c1-2-5-26-19(27)17(25-20(26)28)8-11-6-14(21)18(15(22)7-11)29-10-12-3-4-13(23)9-16(12)24/h2-4,6-9H,1,5,10H2,(H,25,28)/b17-8+. The number of ether oxygens (including phenoxy) is 1. The Morgan fingerprint density at radius 3 is 2.45 bits per heavy atom. The van der Waals surface area contributed by atoms with Crippen molar-refractivity contribution in [2.75, 3.05) is 6.54 Å². The first-order chi connectivity index (χ1) is 13.8. The van der Waals surface area contributed by atoms with Crippen LogP contribution in [-0.4, -0.2) is 23.4 Å². The van der Waals surface area contributed by atoms with E-state index in [9.17, 15) is 9.59 Å². The molecule has 1 N–H and O–H groups in total. The zero-order chi connectivity index (χ0) is 21.1. The fourth-order valence-electron chi connectivity index (χ4n) is 2.62. The Labute approximate surface area is 194 Å². The topological polar surface area (TPSA) is 58.6 Å². The number of rotatable bonds is 6. The molecule has 0 atom stereocenters. The lowest BCUT2D eigenvalue weighted by Crippen LogP contribution is -2.30. The summed E-state index contributed by atoms with van der Waals surface area (Å²) in [5, 5.41) is 3.63. The molecule has 1 heterocycles. The van der Waals surface area contributed by atoms with Gasteiger partial charge in [-0.05, 0) is 67.8 Å². The number of hydrogen-bond acceptors (Lipinski definition) is 3. The lowest BCUT2D eigenvalue weighted by molar-refractivity contribution is -0.122. The van der Waals surface area contributed by atoms with Crippen molar-refractivity contribution in [3.63, 3.8) is 0 Å². The van der Waals surface area contributed by atoms with Crippen molar-refractivity contribution < 1.29 is 14.3 Å². The number of hydrogen-bond donors (Lipinski definition) is 1. The van der Waals surface area contributed by atoms with Crippen molar-refractivity contribution in [1.82, 2.24) is 10.2 Å². The van der Waals surface area contributed by atoms with Gasteiger partial charge in [-0.3, -0.25) is 9.69 Å². The molecule has 3 rings (SSSR count). The van der Waals surface area contributed by atoms with E-state index < -0.39 is 11.9 Å². The minimum Gasteiger partial charge on any atom is -0.486 e. The van der Waals surface area contributed by atoms with E-state index in [1.54, 1.807) is 36.4 Å². The minimum absolute atomic E-state index is 0.148. The molecule has 9 heteroatoms. The van der Waals surface area contributed by atoms with Crippen molar-refractivity contribution in [2.24, 2.45) is 0 Å². The molecule has 5 nitrogen and oxygen atoms in total. The molecule has 3 amide bonds. The van der Waals surface area contributed by atoms with Gasteiger partial charge in [0.25, 0.3) is 5.91 Å². The molecule has 0 radical (unpaired) electrons. The highest BCUT2D eigenvalue weighted by molar-refractivity contribution is 9.11. The van der Waals surface area contributed by atoms with Crippen LogP contribution < -0.4 is 10.1 Å². The van der Waals surface area contributed by atoms with Gasteiger partial charge in [0.1, 0.15) is 18.1 Å². The Balaban J connectivity index is 1.80. The Kier molecular flexibility index (Phi) is 7.05. The number of carbonyl (C=O) groups excluding carboxylic acids is 2. The molecule has 0 unspecified atom stereocenters. The van der Waals surface area contributed by atoms with Gasteiger partial charge in [0.2, 0.25) is 0 Å². The number of nitrogens with zero attached hydrogens (tertiary/aromatic N) is 1. The number of halogens is 4. The lowest BCUT2D eigenvalue weighted by Gasteiger charge is -2.12. The van der Waals surface area contributed by atoms with E-state index in [-0.39, 0.29) is 18.8 Å². The normalized spacial score (nSPS) is 15.0. The molecule has 0 bridgehead atoms. The fraction of sp³-hybridized carbons (Fsp3) is 0.100. The van der Waals surface area contributed by atoms with Crippen LogP contribution in [0.5, 0.6) is 5.75 Å². The maximum Gasteiger partial charge on any atom is 0.329 e. The van der Waals surface area contributed by atoms with Gasteiger partial charge in [0.15, 0.2) is 0 Å². The highest BCUT2D eigenvalue weighted by Crippen LogP contribution is 2.36. The van der Waals surface area contributed by atoms with Gasteiger partial charge in [-0.15, -0.1) is 6.58 Å². The third-order valence-corrected chi connectivity index (χ3v) is 5.76. The molecule has 29 heavy (non-hydrogen) atoms. The molecule has 1 saturated heterocycles. The Bertz CT molecular complexity index is 1020. The third kappa shape index (κ3) is 5.04. The monoisotopic (exact) mass is 558 g/mol. The summed E-state index contributed by atoms with van der Waals surface area (Å²) < 4.78 is 7.23. The number of imide groups is 1. The molecule has 0 aromatic heterocycles. The van der Waals surface area contributed by atoms with Crippen molar-refractivity contribution in [3.05, 3.63) is 78.8 Å². The first-order valence-electron chi connectivity index (χ1n) is 8.31. The first kappa shape index (κ1) is 21.9. The highest BCUT2D eigenvalue weighted by atomic mass is 79.9. The van der Waals surface area contributed by atoms with Gasteiger partial charge in [-0.25, -0.2) is 4.79 Å². The van der Waals surface area contributed by atoms with Crippen LogP contribution >= 0.6 is 55.1 Å². The smallest absolute Gasteiger partial charge is 0.329 e. The Hall–Kier alpha value is -1.80. The summed E-state index contributed by atoms with van der Waals surface area (Å²) in [4.78, 5) is 25.3. The predicted molar refractivity (Wildman–Crippen MR) is 121 cm³/mol. The second-order valence-corrected chi connectivity index (χ2v) is 8.58. The average Bonchev–Trinajstić information content (AvgIpc) is 2.90. The van der Waals surface area contributed by atoms with Crippen LogP contribution in [0.1, 0.15) is 11.1 Å². The van der Waals surface area contributed by atoms with Gasteiger partial charge in [0.05, 0.1) is 8.95 Å². The summed E-state index contributed by atoms with van der Waals surface area (Å²) in [6.07, 6.45) is 3.09. The van der Waals surface area contributed by atoms with Gasteiger partial charge in [-0.1, -0.05) is 35.3 Å². The van der Waals surface area contributed by atoms with Crippen molar-refractivity contribution in [3.8, 4) is 5.75 Å². The van der Waals surface area contributed by atoms with Gasteiger partial charge in [0, 0.05) is 22.2 Å². The maximum absolute atomic E-state index is 12.3. The van der Waals surface area contributed by atoms with Crippen molar-refractivity contribution in [2.45, 2.75) is 6.61 Å². The van der Waals surface area contributed by atoms with Crippen LogP contribution in [0.4, 0.5) is 4.79 Å². The van der Waals surface area contributed by atoms with Crippen LogP contribution in [0, 0.1) is 0 Å². The molecule has 0 saturated carbocycles. The van der Waals surface area contributed by atoms with Crippen LogP contribution in [0.2, 0.25) is 10.0 Å². The Morgan fingerprint density at radius 1 is 1.14 bits per heavy atom. The molecule has 1 aliphatic rings. The van der Waals surface area contributed by atoms with E-state index in [1.165, 1.54) is 6.08 Å². The summed E-state index contributed by atoms with van der Waals surface area (Å²) in [5.41, 5.74) is 1.68. The maximum atomic E-state index is 12.3. The molecular formula is C20H14Br2Cl2N2O3. The number of nitrogens with one attached hydrogen (secondary N) is 1. The SMILES string of the molecule is C=CCN1C(=O)N/C(=C/c2cc(Br)c(OCc3ccc(Cl)cc3Cl)c(Br)c2)C1=O. The van der Waals surface area contributed by atoms with Crippen LogP contribution in [0.15, 0.2) is 57.6 Å². The molecule has 2 aromatic carbocycles. The number of carbonyl (C=O) groups is 2. The number of benzene rings is 2. The molecule has 1 fully saturated rings. The van der Waals surface area contributed by atoms with Crippen LogP contribution in [0.25, 0.3) is 6.08 Å². The quantitative estimate of drug-likeness (QED) is 0.261. The summed E-state index contributed by atoms with van der Waals surface area (Å²) in [7, 11) is 0. The average molecular weight is 561 g/mol. The van der Waals surface area contributed by atoms with Crippen molar-refractivity contribution in [1.29, 1.82) is 0 Å². The molecule has 0 aliphatic carbocycles. The van der Waals surface area contributed by atoms with Gasteiger partial charge < -0.3 is 10.1 Å². The van der Waals surface area contributed by atoms with Gasteiger partial charge >= 0.3 is 6.03 Å². The van der Waals surface area contributed by atoms with E-state index in [2.05, 4.69) is 43.8 Å².